The second-order valence-corrected chi connectivity index (χ2v) is 9.89. The highest BCUT2D eigenvalue weighted by Gasteiger charge is 2.33. The van der Waals surface area contributed by atoms with Gasteiger partial charge in [0.2, 0.25) is 0 Å². The van der Waals surface area contributed by atoms with Crippen LogP contribution in [0, 0.1) is 5.92 Å². The van der Waals surface area contributed by atoms with Gasteiger partial charge in [-0.25, -0.2) is 14.2 Å². The molecule has 2 saturated heterocycles. The van der Waals surface area contributed by atoms with E-state index in [2.05, 4.69) is 10.2 Å². The summed E-state index contributed by atoms with van der Waals surface area (Å²) in [5.74, 6) is 0.345. The van der Waals surface area contributed by atoms with Gasteiger partial charge in [0.1, 0.15) is 0 Å². The highest BCUT2D eigenvalue weighted by molar-refractivity contribution is 6.31. The zero-order valence-corrected chi connectivity index (χ0v) is 19.6. The van der Waals surface area contributed by atoms with Crippen molar-refractivity contribution < 1.29 is 14.6 Å². The van der Waals surface area contributed by atoms with Crippen LogP contribution in [0.3, 0.4) is 0 Å². The molecule has 3 heterocycles. The fourth-order valence-electron chi connectivity index (χ4n) is 4.87. The number of carbonyl (C=O) groups excluding carboxylic acids is 1. The van der Waals surface area contributed by atoms with Gasteiger partial charge in [-0.1, -0.05) is 11.6 Å². The molecule has 2 aliphatic rings. The van der Waals surface area contributed by atoms with E-state index in [-0.39, 0.29) is 11.7 Å². The summed E-state index contributed by atoms with van der Waals surface area (Å²) in [5.41, 5.74) is 0.221. The Balaban J connectivity index is 1.37. The zero-order chi connectivity index (χ0) is 22.9. The van der Waals surface area contributed by atoms with E-state index in [4.69, 9.17) is 16.3 Å². The number of halogens is 1. The largest absolute Gasteiger partial charge is 0.388 e. The molecule has 2 aliphatic heterocycles. The Kier molecular flexibility index (Phi) is 6.95. The van der Waals surface area contributed by atoms with Gasteiger partial charge in [-0.3, -0.25) is 4.57 Å². The average molecular weight is 465 g/mol. The van der Waals surface area contributed by atoms with Gasteiger partial charge in [0, 0.05) is 50.2 Å². The quantitative estimate of drug-likeness (QED) is 0.710. The summed E-state index contributed by atoms with van der Waals surface area (Å²) in [4.78, 5) is 28.3. The number of rotatable bonds is 5. The molecule has 2 aromatic rings. The molecule has 0 aliphatic carbocycles. The number of hydrogen-bond acceptors (Lipinski definition) is 5. The van der Waals surface area contributed by atoms with Crippen LogP contribution in [0.1, 0.15) is 45.6 Å². The van der Waals surface area contributed by atoms with Crippen molar-refractivity contribution in [1.29, 1.82) is 0 Å². The monoisotopic (exact) mass is 464 g/mol. The average Bonchev–Trinajstić information content (AvgIpc) is 3.04. The molecule has 8 nitrogen and oxygen atoms in total. The number of likely N-dealkylation sites (tertiary alicyclic amines) is 1. The fourth-order valence-corrected chi connectivity index (χ4v) is 5.04. The summed E-state index contributed by atoms with van der Waals surface area (Å²) >= 11 is 6.14. The SMILES string of the molecule is CC(C)n1c(=O)n(C(=O)NCC2CCN(CC3(O)CCOCC3)CC2)c2cc(Cl)ccc21. The Morgan fingerprint density at radius 1 is 1.25 bits per heavy atom. The van der Waals surface area contributed by atoms with Crippen LogP contribution < -0.4 is 11.0 Å². The summed E-state index contributed by atoms with van der Waals surface area (Å²) in [7, 11) is 0. The van der Waals surface area contributed by atoms with Crippen molar-refractivity contribution in [3.8, 4) is 0 Å². The Labute approximate surface area is 193 Å². The molecular formula is C23H33ClN4O4. The third kappa shape index (κ3) is 4.88. The maximum Gasteiger partial charge on any atom is 0.337 e. The number of nitrogens with one attached hydrogen (secondary N) is 1. The van der Waals surface area contributed by atoms with Gasteiger partial charge in [-0.05, 0) is 63.9 Å². The second-order valence-electron chi connectivity index (χ2n) is 9.46. The van der Waals surface area contributed by atoms with Crippen LogP contribution in [-0.4, -0.2) is 70.2 Å². The Hall–Kier alpha value is -1.87. The second kappa shape index (κ2) is 9.55. The van der Waals surface area contributed by atoms with E-state index >= 15 is 0 Å². The zero-order valence-electron chi connectivity index (χ0n) is 18.8. The van der Waals surface area contributed by atoms with Crippen molar-refractivity contribution in [2.75, 3.05) is 39.4 Å². The van der Waals surface area contributed by atoms with E-state index in [1.165, 1.54) is 4.57 Å². The predicted molar refractivity (Wildman–Crippen MR) is 125 cm³/mol. The molecule has 0 atom stereocenters. The number of carbonyl (C=O) groups is 1. The van der Waals surface area contributed by atoms with Crippen molar-refractivity contribution in [3.05, 3.63) is 33.7 Å². The number of nitrogens with zero attached hydrogens (tertiary/aromatic N) is 3. The molecule has 1 amide bonds. The van der Waals surface area contributed by atoms with Crippen LogP contribution in [0.25, 0.3) is 11.0 Å². The van der Waals surface area contributed by atoms with E-state index in [1.807, 2.05) is 13.8 Å². The van der Waals surface area contributed by atoms with Crippen molar-refractivity contribution in [3.63, 3.8) is 0 Å². The molecule has 0 spiro atoms. The van der Waals surface area contributed by atoms with E-state index in [0.717, 1.165) is 25.9 Å². The van der Waals surface area contributed by atoms with E-state index in [0.29, 0.717) is 61.1 Å². The van der Waals surface area contributed by atoms with Crippen molar-refractivity contribution in [2.45, 2.75) is 51.2 Å². The lowest BCUT2D eigenvalue weighted by Crippen LogP contribution is -2.49. The van der Waals surface area contributed by atoms with E-state index in [1.54, 1.807) is 22.8 Å². The smallest absolute Gasteiger partial charge is 0.337 e. The number of β-amino-alcohol motifs (C(OH)–C–C–N with tert-alkyl or cyclic N) is 1. The van der Waals surface area contributed by atoms with Crippen LogP contribution in [-0.2, 0) is 4.74 Å². The Bertz CT molecular complexity index is 1020. The van der Waals surface area contributed by atoms with Gasteiger partial charge in [0.15, 0.2) is 0 Å². The standard InChI is InChI=1S/C23H33ClN4O4/c1-16(2)27-19-4-3-18(24)13-20(19)28(22(27)30)21(29)25-14-17-5-9-26(10-6-17)15-23(31)7-11-32-12-8-23/h3-4,13,16-17,31H,5-12,14-15H2,1-2H3,(H,25,29). The molecule has 9 heteroatoms. The first-order valence-electron chi connectivity index (χ1n) is 11.5. The van der Waals surface area contributed by atoms with Gasteiger partial charge in [-0.15, -0.1) is 0 Å². The maximum absolute atomic E-state index is 13.0. The van der Waals surface area contributed by atoms with E-state index < -0.39 is 11.6 Å². The number of ether oxygens (including phenoxy) is 1. The minimum absolute atomic E-state index is 0.0740. The number of imidazole rings is 1. The van der Waals surface area contributed by atoms with E-state index in [9.17, 15) is 14.7 Å². The summed E-state index contributed by atoms with van der Waals surface area (Å²) in [6.07, 6.45) is 3.26. The van der Waals surface area contributed by atoms with Gasteiger partial charge < -0.3 is 20.1 Å². The predicted octanol–water partition coefficient (Wildman–Crippen LogP) is 2.85. The first kappa shape index (κ1) is 23.3. The first-order valence-corrected chi connectivity index (χ1v) is 11.9. The number of piperidine rings is 1. The summed E-state index contributed by atoms with van der Waals surface area (Å²) in [6, 6.07) is 4.69. The lowest BCUT2D eigenvalue weighted by atomic mass is 9.91. The van der Waals surface area contributed by atoms with Gasteiger partial charge in [0.05, 0.1) is 16.6 Å². The molecule has 0 unspecified atom stereocenters. The highest BCUT2D eigenvalue weighted by Crippen LogP contribution is 2.25. The summed E-state index contributed by atoms with van der Waals surface area (Å²) in [6.45, 7) is 8.07. The highest BCUT2D eigenvalue weighted by atomic mass is 35.5. The molecule has 0 radical (unpaired) electrons. The summed E-state index contributed by atoms with van der Waals surface area (Å²) in [5, 5.41) is 14.2. The third-order valence-electron chi connectivity index (χ3n) is 6.75. The van der Waals surface area contributed by atoms with Crippen LogP contribution in [0.5, 0.6) is 0 Å². The molecule has 176 valence electrons. The van der Waals surface area contributed by atoms with Crippen LogP contribution in [0.15, 0.2) is 23.0 Å². The van der Waals surface area contributed by atoms with Crippen molar-refractivity contribution >= 4 is 28.7 Å². The molecule has 4 rings (SSSR count). The number of fused-ring (bicyclic) bond motifs is 1. The molecule has 32 heavy (non-hydrogen) atoms. The number of aliphatic hydroxyl groups is 1. The lowest BCUT2D eigenvalue weighted by Gasteiger charge is -2.39. The molecule has 2 N–H and O–H groups in total. The van der Waals surface area contributed by atoms with Crippen LogP contribution in [0.4, 0.5) is 4.79 Å². The molecule has 1 aromatic heterocycles. The number of amides is 1. The fraction of sp³-hybridized carbons (Fsp3) is 0.652. The van der Waals surface area contributed by atoms with Gasteiger partial charge in [-0.2, -0.15) is 0 Å². The van der Waals surface area contributed by atoms with Crippen LogP contribution in [0.2, 0.25) is 5.02 Å². The molecule has 0 saturated carbocycles. The number of aromatic nitrogens is 2. The minimum atomic E-state index is -0.646. The third-order valence-corrected chi connectivity index (χ3v) is 6.98. The van der Waals surface area contributed by atoms with Crippen molar-refractivity contribution in [1.82, 2.24) is 19.4 Å². The number of hydrogen-bond donors (Lipinski definition) is 2. The summed E-state index contributed by atoms with van der Waals surface area (Å²) < 4.78 is 8.17. The molecular weight excluding hydrogens is 432 g/mol. The molecule has 2 fully saturated rings. The number of benzene rings is 1. The molecule has 1 aromatic carbocycles. The van der Waals surface area contributed by atoms with Crippen molar-refractivity contribution in [2.24, 2.45) is 5.92 Å². The topological polar surface area (TPSA) is 88.7 Å². The Morgan fingerprint density at radius 2 is 1.94 bits per heavy atom. The van der Waals surface area contributed by atoms with Gasteiger partial charge in [0.25, 0.3) is 0 Å². The normalized spacial score (nSPS) is 20.2. The minimum Gasteiger partial charge on any atom is -0.388 e. The Morgan fingerprint density at radius 3 is 2.59 bits per heavy atom. The first-order chi connectivity index (χ1) is 15.3. The maximum atomic E-state index is 13.0. The van der Waals surface area contributed by atoms with Gasteiger partial charge >= 0.3 is 11.7 Å². The molecule has 0 bridgehead atoms. The lowest BCUT2D eigenvalue weighted by molar-refractivity contribution is -0.0829. The van der Waals surface area contributed by atoms with Crippen LogP contribution >= 0.6 is 11.6 Å².